The van der Waals surface area contributed by atoms with E-state index in [1.165, 1.54) is 5.56 Å². The summed E-state index contributed by atoms with van der Waals surface area (Å²) < 4.78 is 5.10. The molecular weight excluding hydrogens is 304 g/mol. The van der Waals surface area contributed by atoms with Crippen molar-refractivity contribution in [1.29, 1.82) is 0 Å². The molecule has 24 heavy (non-hydrogen) atoms. The number of carbonyl (C=O) groups is 1. The molecule has 1 aromatic carbocycles. The molecule has 3 rings (SSSR count). The molecular formula is C18H24N4O2. The lowest BCUT2D eigenvalue weighted by Gasteiger charge is -2.17. The molecule has 1 aliphatic heterocycles. The van der Waals surface area contributed by atoms with Crippen molar-refractivity contribution in [3.05, 3.63) is 52.9 Å². The number of hydrogen-bond donors (Lipinski definition) is 2. The maximum atomic E-state index is 12.1. The van der Waals surface area contributed by atoms with Crippen molar-refractivity contribution in [2.75, 3.05) is 13.1 Å². The van der Waals surface area contributed by atoms with Gasteiger partial charge in [0, 0.05) is 37.8 Å². The van der Waals surface area contributed by atoms with Crippen molar-refractivity contribution in [3.63, 3.8) is 0 Å². The molecule has 128 valence electrons. The lowest BCUT2D eigenvalue weighted by Crippen LogP contribution is -2.43. The molecule has 6 heteroatoms. The fourth-order valence-electron chi connectivity index (χ4n) is 3.10. The Bertz CT molecular complexity index is 664. The third-order valence-corrected chi connectivity index (χ3v) is 4.46. The second-order valence-electron chi connectivity index (χ2n) is 6.34. The van der Waals surface area contributed by atoms with Crippen molar-refractivity contribution in [2.45, 2.75) is 39.4 Å². The highest BCUT2D eigenvalue weighted by molar-refractivity contribution is 5.74. The van der Waals surface area contributed by atoms with Crippen molar-refractivity contribution in [2.24, 2.45) is 0 Å². The average Bonchev–Trinajstić information content (AvgIpc) is 3.13. The molecule has 1 aromatic heterocycles. The van der Waals surface area contributed by atoms with Crippen LogP contribution >= 0.6 is 0 Å². The van der Waals surface area contributed by atoms with Gasteiger partial charge in [-0.3, -0.25) is 4.90 Å². The quantitative estimate of drug-likeness (QED) is 0.884. The first-order valence-corrected chi connectivity index (χ1v) is 8.34. The molecule has 0 bridgehead atoms. The van der Waals surface area contributed by atoms with Crippen LogP contribution in [0.4, 0.5) is 4.79 Å². The highest BCUT2D eigenvalue weighted by atomic mass is 16.5. The van der Waals surface area contributed by atoms with E-state index in [2.05, 4.69) is 45.0 Å². The highest BCUT2D eigenvalue weighted by Crippen LogP contribution is 2.14. The third-order valence-electron chi connectivity index (χ3n) is 4.46. The standard InChI is InChI=1S/C18H24N4O2/c1-13-17(14(2)24-21-13)10-19-18(23)20-16-8-9-22(12-16)11-15-6-4-3-5-7-15/h3-7,16H,8-12H2,1-2H3,(H2,19,20,23). The number of hydrogen-bond acceptors (Lipinski definition) is 4. The van der Waals surface area contributed by atoms with Crippen LogP contribution in [0.1, 0.15) is 29.0 Å². The van der Waals surface area contributed by atoms with Gasteiger partial charge in [0.2, 0.25) is 0 Å². The first kappa shape index (κ1) is 16.5. The number of aromatic nitrogens is 1. The molecule has 0 aliphatic carbocycles. The van der Waals surface area contributed by atoms with Gasteiger partial charge in [-0.25, -0.2) is 4.79 Å². The summed E-state index contributed by atoms with van der Waals surface area (Å²) in [7, 11) is 0. The van der Waals surface area contributed by atoms with Crippen LogP contribution in [0.25, 0.3) is 0 Å². The van der Waals surface area contributed by atoms with Gasteiger partial charge in [-0.2, -0.15) is 0 Å². The predicted molar refractivity (Wildman–Crippen MR) is 91.5 cm³/mol. The topological polar surface area (TPSA) is 70.4 Å². The van der Waals surface area contributed by atoms with Gasteiger partial charge in [0.25, 0.3) is 0 Å². The number of aryl methyl sites for hydroxylation is 2. The van der Waals surface area contributed by atoms with Crippen molar-refractivity contribution < 1.29 is 9.32 Å². The molecule has 6 nitrogen and oxygen atoms in total. The third kappa shape index (κ3) is 4.14. The molecule has 1 fully saturated rings. The zero-order chi connectivity index (χ0) is 16.9. The maximum Gasteiger partial charge on any atom is 0.315 e. The molecule has 2 heterocycles. The summed E-state index contributed by atoms with van der Waals surface area (Å²) in [4.78, 5) is 14.5. The molecule has 2 N–H and O–H groups in total. The van der Waals surface area contributed by atoms with Crippen LogP contribution in [0.5, 0.6) is 0 Å². The maximum absolute atomic E-state index is 12.1. The summed E-state index contributed by atoms with van der Waals surface area (Å²) in [5.74, 6) is 0.753. The van der Waals surface area contributed by atoms with Gasteiger partial charge >= 0.3 is 6.03 Å². The Morgan fingerprint density at radius 2 is 2.12 bits per heavy atom. The van der Waals surface area contributed by atoms with Gasteiger partial charge in [0.15, 0.2) is 0 Å². The zero-order valence-electron chi connectivity index (χ0n) is 14.2. The summed E-state index contributed by atoms with van der Waals surface area (Å²) >= 11 is 0. The highest BCUT2D eigenvalue weighted by Gasteiger charge is 2.23. The summed E-state index contributed by atoms with van der Waals surface area (Å²) in [5, 5.41) is 9.84. The molecule has 0 radical (unpaired) electrons. The Morgan fingerprint density at radius 3 is 2.83 bits per heavy atom. The smallest absolute Gasteiger partial charge is 0.315 e. The molecule has 2 amide bonds. The molecule has 1 unspecified atom stereocenters. The van der Waals surface area contributed by atoms with Crippen LogP contribution in [0, 0.1) is 13.8 Å². The molecule has 1 aliphatic rings. The number of carbonyl (C=O) groups excluding carboxylic acids is 1. The van der Waals surface area contributed by atoms with Crippen LogP contribution in [-0.4, -0.2) is 35.2 Å². The van der Waals surface area contributed by atoms with E-state index >= 15 is 0 Å². The summed E-state index contributed by atoms with van der Waals surface area (Å²) in [6.07, 6.45) is 0.978. The summed E-state index contributed by atoms with van der Waals surface area (Å²) in [5.41, 5.74) is 3.07. The minimum atomic E-state index is -0.137. The second-order valence-corrected chi connectivity index (χ2v) is 6.34. The van der Waals surface area contributed by atoms with E-state index in [1.54, 1.807) is 0 Å². The largest absolute Gasteiger partial charge is 0.361 e. The summed E-state index contributed by atoms with van der Waals surface area (Å²) in [6.45, 7) is 6.99. The van der Waals surface area contributed by atoms with Gasteiger partial charge in [0.1, 0.15) is 5.76 Å². The lowest BCUT2D eigenvalue weighted by molar-refractivity contribution is 0.235. The predicted octanol–water partition coefficient (Wildman–Crippen LogP) is 2.37. The zero-order valence-corrected chi connectivity index (χ0v) is 14.2. The Labute approximate surface area is 142 Å². The van der Waals surface area contributed by atoms with Gasteiger partial charge in [0.05, 0.1) is 5.69 Å². The van der Waals surface area contributed by atoms with Crippen LogP contribution in [0.3, 0.4) is 0 Å². The molecule has 2 aromatic rings. The average molecular weight is 328 g/mol. The number of nitrogens with one attached hydrogen (secondary N) is 2. The number of amides is 2. The first-order chi connectivity index (χ1) is 11.6. The van der Waals surface area contributed by atoms with E-state index in [0.29, 0.717) is 6.54 Å². The van der Waals surface area contributed by atoms with Crippen LogP contribution < -0.4 is 10.6 Å². The van der Waals surface area contributed by atoms with E-state index in [1.807, 2.05) is 19.9 Å². The molecule has 0 spiro atoms. The van der Waals surface area contributed by atoms with Crippen molar-refractivity contribution in [3.8, 4) is 0 Å². The minimum Gasteiger partial charge on any atom is -0.361 e. The number of urea groups is 1. The van der Waals surface area contributed by atoms with Crippen LogP contribution in [0.2, 0.25) is 0 Å². The number of nitrogens with zero attached hydrogens (tertiary/aromatic N) is 2. The molecule has 1 atom stereocenters. The van der Waals surface area contributed by atoms with Gasteiger partial charge in [-0.05, 0) is 25.8 Å². The van der Waals surface area contributed by atoms with E-state index in [-0.39, 0.29) is 12.1 Å². The number of likely N-dealkylation sites (tertiary alicyclic amines) is 1. The Hall–Kier alpha value is -2.34. The minimum absolute atomic E-state index is 0.137. The second kappa shape index (κ2) is 7.49. The normalized spacial score (nSPS) is 17.8. The van der Waals surface area contributed by atoms with Crippen molar-refractivity contribution in [1.82, 2.24) is 20.7 Å². The van der Waals surface area contributed by atoms with Gasteiger partial charge in [-0.1, -0.05) is 35.5 Å². The van der Waals surface area contributed by atoms with E-state index < -0.39 is 0 Å². The fraction of sp³-hybridized carbons (Fsp3) is 0.444. The Kier molecular flexibility index (Phi) is 5.15. The number of rotatable bonds is 5. The fourth-order valence-corrected chi connectivity index (χ4v) is 3.10. The van der Waals surface area contributed by atoms with Crippen molar-refractivity contribution >= 4 is 6.03 Å². The lowest BCUT2D eigenvalue weighted by atomic mass is 10.2. The van der Waals surface area contributed by atoms with E-state index in [9.17, 15) is 4.79 Å². The summed E-state index contributed by atoms with van der Waals surface area (Å²) in [6, 6.07) is 10.5. The Morgan fingerprint density at radius 1 is 1.33 bits per heavy atom. The van der Waals surface area contributed by atoms with Crippen LogP contribution in [0.15, 0.2) is 34.9 Å². The van der Waals surface area contributed by atoms with E-state index in [0.717, 1.165) is 43.1 Å². The SMILES string of the molecule is Cc1noc(C)c1CNC(=O)NC1CCN(Cc2ccccc2)C1. The molecule has 0 saturated carbocycles. The Balaban J connectivity index is 1.43. The molecule has 1 saturated heterocycles. The van der Waals surface area contributed by atoms with Gasteiger partial charge < -0.3 is 15.2 Å². The monoisotopic (exact) mass is 328 g/mol. The van der Waals surface area contributed by atoms with Crippen LogP contribution in [-0.2, 0) is 13.1 Å². The van der Waals surface area contributed by atoms with Gasteiger partial charge in [-0.15, -0.1) is 0 Å². The van der Waals surface area contributed by atoms with E-state index in [4.69, 9.17) is 4.52 Å². The number of benzene rings is 1. The first-order valence-electron chi connectivity index (χ1n) is 8.34.